The van der Waals surface area contributed by atoms with E-state index in [0.29, 0.717) is 43.7 Å². The minimum Gasteiger partial charge on any atom is -0.379 e. The van der Waals surface area contributed by atoms with Crippen LogP contribution < -0.4 is 5.32 Å². The Labute approximate surface area is 201 Å². The fourth-order valence-electron chi connectivity index (χ4n) is 3.35. The average molecular weight is 508 g/mol. The second kappa shape index (κ2) is 10.3. The number of thiophene rings is 1. The van der Waals surface area contributed by atoms with E-state index in [1.165, 1.54) is 28.2 Å². The number of nitrogens with one attached hydrogen (secondary N) is 1. The fraction of sp³-hybridized carbons (Fsp3) is 0.381. The van der Waals surface area contributed by atoms with Crippen LogP contribution in [0.1, 0.15) is 13.8 Å². The maximum atomic E-state index is 12.8. The van der Waals surface area contributed by atoms with Crippen molar-refractivity contribution in [1.29, 1.82) is 0 Å². The first kappa shape index (κ1) is 23.9. The predicted molar refractivity (Wildman–Crippen MR) is 129 cm³/mol. The topological polar surface area (TPSA) is 106 Å². The third-order valence-corrected chi connectivity index (χ3v) is 9.01. The van der Waals surface area contributed by atoms with Gasteiger partial charge in [0.25, 0.3) is 0 Å². The van der Waals surface area contributed by atoms with Crippen LogP contribution in [0.4, 0.5) is 5.69 Å². The van der Waals surface area contributed by atoms with Crippen molar-refractivity contribution >= 4 is 44.7 Å². The quantitative estimate of drug-likeness (QED) is 0.467. The molecule has 0 radical (unpaired) electrons. The lowest BCUT2D eigenvalue weighted by Gasteiger charge is -2.26. The number of nitrogens with zero attached hydrogens (tertiary/aromatic N) is 4. The number of benzene rings is 1. The minimum atomic E-state index is -3.57. The molecule has 1 aliphatic rings. The Morgan fingerprint density at radius 3 is 2.58 bits per heavy atom. The number of sulfonamides is 1. The molecule has 1 saturated heterocycles. The van der Waals surface area contributed by atoms with Crippen LogP contribution >= 0.6 is 23.1 Å². The lowest BCUT2D eigenvalue weighted by atomic mass is 10.3. The zero-order chi connectivity index (χ0) is 23.4. The number of anilines is 1. The van der Waals surface area contributed by atoms with Crippen molar-refractivity contribution in [2.75, 3.05) is 31.6 Å². The summed E-state index contributed by atoms with van der Waals surface area (Å²) >= 11 is 2.93. The molecule has 1 fully saturated rings. The summed E-state index contributed by atoms with van der Waals surface area (Å²) < 4.78 is 34.1. The number of rotatable bonds is 8. The van der Waals surface area contributed by atoms with E-state index in [-0.39, 0.29) is 10.8 Å². The Hall–Kier alpha value is -2.25. The molecule has 3 heterocycles. The van der Waals surface area contributed by atoms with Crippen LogP contribution in [0.3, 0.4) is 0 Å². The Morgan fingerprint density at radius 1 is 1.21 bits per heavy atom. The molecule has 3 aromatic rings. The summed E-state index contributed by atoms with van der Waals surface area (Å²) in [6.45, 7) is 5.97. The van der Waals surface area contributed by atoms with E-state index >= 15 is 0 Å². The van der Waals surface area contributed by atoms with Crippen LogP contribution in [0.2, 0.25) is 0 Å². The molecule has 33 heavy (non-hydrogen) atoms. The summed E-state index contributed by atoms with van der Waals surface area (Å²) in [5.41, 5.74) is 0.532. The molecular weight excluding hydrogens is 482 g/mol. The van der Waals surface area contributed by atoms with Gasteiger partial charge < -0.3 is 14.6 Å². The molecule has 4 rings (SSSR count). The first-order valence-electron chi connectivity index (χ1n) is 10.5. The molecule has 1 unspecified atom stereocenters. The van der Waals surface area contributed by atoms with Gasteiger partial charge in [0.15, 0.2) is 11.0 Å². The van der Waals surface area contributed by atoms with E-state index in [1.807, 2.05) is 29.0 Å². The third-order valence-electron chi connectivity index (χ3n) is 5.16. The number of carbonyl (C=O) groups excluding carboxylic acids is 1. The summed E-state index contributed by atoms with van der Waals surface area (Å²) in [4.78, 5) is 14.0. The highest BCUT2D eigenvalue weighted by molar-refractivity contribution is 8.00. The molecule has 0 bridgehead atoms. The standard InChI is InChI=1S/C21H25N5O4S3/c1-3-26-19(18-5-4-14-31-18)23-24-21(26)32-15(2)20(27)22-16-6-8-17(9-7-16)33(28,29)25-10-12-30-13-11-25/h4-9,14-15H,3,10-13H2,1-2H3,(H,22,27). The van der Waals surface area contributed by atoms with Gasteiger partial charge in [-0.2, -0.15) is 4.31 Å². The third kappa shape index (κ3) is 5.30. The van der Waals surface area contributed by atoms with Crippen molar-refractivity contribution in [2.45, 2.75) is 35.7 Å². The molecule has 1 aromatic carbocycles. The number of amides is 1. The van der Waals surface area contributed by atoms with Crippen LogP contribution in [-0.4, -0.2) is 64.9 Å². The molecule has 1 N–H and O–H groups in total. The Kier molecular flexibility index (Phi) is 7.49. The number of aromatic nitrogens is 3. The first-order chi connectivity index (χ1) is 15.9. The number of morpholine rings is 1. The van der Waals surface area contributed by atoms with Crippen molar-refractivity contribution in [2.24, 2.45) is 0 Å². The molecule has 9 nitrogen and oxygen atoms in total. The van der Waals surface area contributed by atoms with Crippen molar-refractivity contribution in [1.82, 2.24) is 19.1 Å². The van der Waals surface area contributed by atoms with Crippen LogP contribution in [-0.2, 0) is 26.1 Å². The van der Waals surface area contributed by atoms with Crippen molar-refractivity contribution < 1.29 is 17.9 Å². The van der Waals surface area contributed by atoms with Gasteiger partial charge in [-0.05, 0) is 49.6 Å². The highest BCUT2D eigenvalue weighted by Crippen LogP contribution is 2.29. The lowest BCUT2D eigenvalue weighted by Crippen LogP contribution is -2.40. The molecule has 0 aliphatic carbocycles. The molecule has 176 valence electrons. The van der Waals surface area contributed by atoms with Crippen molar-refractivity contribution in [3.8, 4) is 10.7 Å². The van der Waals surface area contributed by atoms with Gasteiger partial charge in [-0.25, -0.2) is 8.42 Å². The molecule has 1 amide bonds. The van der Waals surface area contributed by atoms with Gasteiger partial charge in [-0.15, -0.1) is 21.5 Å². The summed E-state index contributed by atoms with van der Waals surface area (Å²) in [6.07, 6.45) is 0. The van der Waals surface area contributed by atoms with Crippen LogP contribution in [0.15, 0.2) is 51.8 Å². The maximum Gasteiger partial charge on any atom is 0.243 e. The molecule has 2 aromatic heterocycles. The fourth-order valence-corrected chi connectivity index (χ4v) is 6.39. The van der Waals surface area contributed by atoms with E-state index in [4.69, 9.17) is 4.74 Å². The first-order valence-corrected chi connectivity index (χ1v) is 13.7. The number of hydrogen-bond donors (Lipinski definition) is 1. The number of ether oxygens (including phenoxy) is 1. The van der Waals surface area contributed by atoms with Crippen LogP contribution in [0.5, 0.6) is 0 Å². The Balaban J connectivity index is 1.40. The maximum absolute atomic E-state index is 12.8. The van der Waals surface area contributed by atoms with Gasteiger partial charge in [0.05, 0.1) is 28.2 Å². The molecule has 0 spiro atoms. The van der Waals surface area contributed by atoms with Crippen molar-refractivity contribution in [3.63, 3.8) is 0 Å². The average Bonchev–Trinajstić information content (AvgIpc) is 3.49. The number of carbonyl (C=O) groups is 1. The lowest BCUT2D eigenvalue weighted by molar-refractivity contribution is -0.115. The van der Waals surface area contributed by atoms with E-state index < -0.39 is 15.3 Å². The largest absolute Gasteiger partial charge is 0.379 e. The summed E-state index contributed by atoms with van der Waals surface area (Å²) in [5, 5.41) is 13.7. The van der Waals surface area contributed by atoms with Gasteiger partial charge in [-0.3, -0.25) is 4.79 Å². The van der Waals surface area contributed by atoms with Crippen molar-refractivity contribution in [3.05, 3.63) is 41.8 Å². The highest BCUT2D eigenvalue weighted by Gasteiger charge is 2.26. The Bertz CT molecular complexity index is 1190. The zero-order valence-corrected chi connectivity index (χ0v) is 20.8. The smallest absolute Gasteiger partial charge is 0.243 e. The second-order valence-corrected chi connectivity index (χ2v) is 11.5. The second-order valence-electron chi connectivity index (χ2n) is 7.32. The van der Waals surface area contributed by atoms with Gasteiger partial charge in [0.2, 0.25) is 15.9 Å². The molecular formula is C21H25N5O4S3. The SMILES string of the molecule is CCn1c(SC(C)C(=O)Nc2ccc(S(=O)(=O)N3CCOCC3)cc2)nnc1-c1cccs1. The summed E-state index contributed by atoms with van der Waals surface area (Å²) in [7, 11) is -3.57. The predicted octanol–water partition coefficient (Wildman–Crippen LogP) is 3.17. The molecule has 1 aliphatic heterocycles. The van der Waals surface area contributed by atoms with E-state index in [9.17, 15) is 13.2 Å². The highest BCUT2D eigenvalue weighted by atomic mass is 32.2. The van der Waals surface area contributed by atoms with E-state index in [2.05, 4.69) is 15.5 Å². The summed E-state index contributed by atoms with van der Waals surface area (Å²) in [6, 6.07) is 10.2. The van der Waals surface area contributed by atoms with Gasteiger partial charge in [0.1, 0.15) is 0 Å². The van der Waals surface area contributed by atoms with Crippen LogP contribution in [0, 0.1) is 0 Å². The number of thioether (sulfide) groups is 1. The Morgan fingerprint density at radius 2 is 1.94 bits per heavy atom. The number of hydrogen-bond acceptors (Lipinski definition) is 8. The molecule has 1 atom stereocenters. The molecule has 12 heteroatoms. The minimum absolute atomic E-state index is 0.196. The molecule has 0 saturated carbocycles. The van der Waals surface area contributed by atoms with Gasteiger partial charge >= 0.3 is 0 Å². The summed E-state index contributed by atoms with van der Waals surface area (Å²) in [5.74, 6) is 0.590. The monoisotopic (exact) mass is 507 g/mol. The van der Waals surface area contributed by atoms with E-state index in [1.54, 1.807) is 30.4 Å². The zero-order valence-electron chi connectivity index (χ0n) is 18.3. The van der Waals surface area contributed by atoms with Gasteiger partial charge in [0, 0.05) is 25.3 Å². The van der Waals surface area contributed by atoms with E-state index in [0.717, 1.165) is 10.7 Å². The van der Waals surface area contributed by atoms with Crippen LogP contribution in [0.25, 0.3) is 10.7 Å². The van der Waals surface area contributed by atoms with Gasteiger partial charge in [-0.1, -0.05) is 17.8 Å². The normalized spacial score (nSPS) is 15.9.